The number of amides is 1. The zero-order valence-electron chi connectivity index (χ0n) is 16.6. The Morgan fingerprint density at radius 3 is 2.38 bits per heavy atom. The van der Waals surface area contributed by atoms with Gasteiger partial charge in [0.2, 0.25) is 5.91 Å². The first-order chi connectivity index (χ1) is 13.8. The highest BCUT2D eigenvalue weighted by molar-refractivity contribution is 7.93. The van der Waals surface area contributed by atoms with Crippen LogP contribution < -0.4 is 4.31 Å². The summed E-state index contributed by atoms with van der Waals surface area (Å²) in [5.74, 6) is 0.00655. The number of benzene rings is 2. The highest BCUT2D eigenvalue weighted by Crippen LogP contribution is 2.41. The molecule has 2 aromatic rings. The van der Waals surface area contributed by atoms with E-state index >= 15 is 0 Å². The van der Waals surface area contributed by atoms with Gasteiger partial charge in [-0.25, -0.2) is 8.42 Å². The van der Waals surface area contributed by atoms with Crippen LogP contribution in [-0.4, -0.2) is 62.9 Å². The Hall–Kier alpha value is -2.63. The Kier molecular flexibility index (Phi) is 4.97. The Bertz CT molecular complexity index is 1090. The fourth-order valence-corrected chi connectivity index (χ4v) is 5.91. The van der Waals surface area contributed by atoms with Crippen LogP contribution in [0, 0.1) is 17.2 Å². The van der Waals surface area contributed by atoms with Crippen molar-refractivity contribution in [3.63, 3.8) is 0 Å². The summed E-state index contributed by atoms with van der Waals surface area (Å²) in [5, 5.41) is 10.9. The van der Waals surface area contributed by atoms with Gasteiger partial charge in [0, 0.05) is 31.6 Å². The van der Waals surface area contributed by atoms with Crippen LogP contribution >= 0.6 is 0 Å². The lowest BCUT2D eigenvalue weighted by atomic mass is 10.0. The molecule has 0 aromatic heterocycles. The second-order valence-corrected chi connectivity index (χ2v) is 9.71. The van der Waals surface area contributed by atoms with E-state index in [4.69, 9.17) is 0 Å². The molecule has 0 spiro atoms. The molecule has 2 heterocycles. The van der Waals surface area contributed by atoms with Gasteiger partial charge < -0.3 is 4.90 Å². The Labute approximate surface area is 171 Å². The Morgan fingerprint density at radius 1 is 1.10 bits per heavy atom. The smallest absolute Gasteiger partial charge is 0.265 e. The molecule has 1 fully saturated rings. The van der Waals surface area contributed by atoms with Crippen molar-refractivity contribution in [1.29, 1.82) is 5.26 Å². The molecular formula is C21H24N4O3S. The summed E-state index contributed by atoms with van der Waals surface area (Å²) in [7, 11) is -3.74. The molecule has 1 unspecified atom stereocenters. The van der Waals surface area contributed by atoms with E-state index in [1.54, 1.807) is 23.1 Å². The molecule has 0 radical (unpaired) electrons. The summed E-state index contributed by atoms with van der Waals surface area (Å²) in [6, 6.07) is 12.8. The molecule has 8 heteroatoms. The van der Waals surface area contributed by atoms with Gasteiger partial charge in [0.15, 0.2) is 0 Å². The molecule has 0 aliphatic carbocycles. The van der Waals surface area contributed by atoms with Crippen LogP contribution in [0.25, 0.3) is 10.8 Å². The molecule has 1 amide bonds. The minimum atomic E-state index is -3.74. The topological polar surface area (TPSA) is 84.7 Å². The molecule has 2 aliphatic rings. The fourth-order valence-electron chi connectivity index (χ4n) is 4.25. The van der Waals surface area contributed by atoms with Crippen LogP contribution in [0.4, 0.5) is 5.69 Å². The summed E-state index contributed by atoms with van der Waals surface area (Å²) in [6.45, 7) is 6.05. The third-order valence-electron chi connectivity index (χ3n) is 5.78. The van der Waals surface area contributed by atoms with Crippen LogP contribution in [0.1, 0.15) is 13.8 Å². The molecule has 0 N–H and O–H groups in total. The largest absolute Gasteiger partial charge is 0.339 e. The second kappa shape index (κ2) is 7.32. The predicted molar refractivity (Wildman–Crippen MR) is 111 cm³/mol. The number of hydrogen-bond acceptors (Lipinski definition) is 5. The Morgan fingerprint density at radius 2 is 1.76 bits per heavy atom. The lowest BCUT2D eigenvalue weighted by Gasteiger charge is -2.38. The average Bonchev–Trinajstić information content (AvgIpc) is 2.92. The minimum Gasteiger partial charge on any atom is -0.339 e. The van der Waals surface area contributed by atoms with E-state index in [9.17, 15) is 18.5 Å². The number of nitrogens with zero attached hydrogens (tertiary/aromatic N) is 4. The van der Waals surface area contributed by atoms with Gasteiger partial charge in [-0.1, -0.05) is 38.1 Å². The van der Waals surface area contributed by atoms with Crippen molar-refractivity contribution in [3.8, 4) is 6.07 Å². The monoisotopic (exact) mass is 412 g/mol. The van der Waals surface area contributed by atoms with Crippen molar-refractivity contribution in [1.82, 2.24) is 9.80 Å². The average molecular weight is 413 g/mol. The summed E-state index contributed by atoms with van der Waals surface area (Å²) >= 11 is 0. The quantitative estimate of drug-likeness (QED) is 0.767. The van der Waals surface area contributed by atoms with Crippen molar-refractivity contribution < 1.29 is 13.2 Å². The van der Waals surface area contributed by atoms with Gasteiger partial charge in [-0.05, 0) is 23.4 Å². The number of sulfonamides is 1. The zero-order valence-corrected chi connectivity index (χ0v) is 17.4. The molecular weight excluding hydrogens is 388 g/mol. The van der Waals surface area contributed by atoms with Crippen molar-refractivity contribution in [2.24, 2.45) is 5.92 Å². The molecule has 0 bridgehead atoms. The molecule has 2 aromatic carbocycles. The van der Waals surface area contributed by atoms with Gasteiger partial charge in [-0.2, -0.15) is 5.26 Å². The van der Waals surface area contributed by atoms with E-state index in [-0.39, 0.29) is 29.3 Å². The lowest BCUT2D eigenvalue weighted by Crippen LogP contribution is -2.54. The van der Waals surface area contributed by atoms with Gasteiger partial charge in [-0.3, -0.25) is 14.0 Å². The molecule has 29 heavy (non-hydrogen) atoms. The normalized spacial score (nSPS) is 19.5. The van der Waals surface area contributed by atoms with E-state index in [2.05, 4.69) is 11.0 Å². The maximum atomic E-state index is 13.0. The molecule has 152 valence electrons. The number of carbonyl (C=O) groups excluding carboxylic acids is 1. The number of anilines is 1. The highest BCUT2D eigenvalue weighted by Gasteiger charge is 2.38. The summed E-state index contributed by atoms with van der Waals surface area (Å²) in [4.78, 5) is 17.0. The van der Waals surface area contributed by atoms with Crippen molar-refractivity contribution >= 4 is 32.4 Å². The lowest BCUT2D eigenvalue weighted by molar-refractivity contribution is -0.131. The van der Waals surface area contributed by atoms with Crippen molar-refractivity contribution in [2.75, 3.05) is 37.0 Å². The van der Waals surface area contributed by atoms with Gasteiger partial charge >= 0.3 is 0 Å². The number of hydrogen-bond donors (Lipinski definition) is 0. The maximum Gasteiger partial charge on any atom is 0.265 e. The third kappa shape index (κ3) is 3.24. The summed E-state index contributed by atoms with van der Waals surface area (Å²) < 4.78 is 27.3. The molecule has 4 rings (SSSR count). The first-order valence-electron chi connectivity index (χ1n) is 9.80. The summed E-state index contributed by atoms with van der Waals surface area (Å²) in [5.41, 5.74) is 0.564. The van der Waals surface area contributed by atoms with Crippen molar-refractivity contribution in [3.05, 3.63) is 36.4 Å². The predicted octanol–water partition coefficient (Wildman–Crippen LogP) is 2.04. The van der Waals surface area contributed by atoms with E-state index < -0.39 is 10.0 Å². The van der Waals surface area contributed by atoms with Crippen molar-refractivity contribution in [2.45, 2.75) is 24.8 Å². The van der Waals surface area contributed by atoms with Gasteiger partial charge in [0.05, 0.1) is 16.7 Å². The van der Waals surface area contributed by atoms with E-state index in [0.29, 0.717) is 37.3 Å². The molecule has 0 saturated carbocycles. The third-order valence-corrected chi connectivity index (χ3v) is 7.59. The second-order valence-electron chi connectivity index (χ2n) is 7.88. The molecule has 2 aliphatic heterocycles. The highest BCUT2D eigenvalue weighted by atomic mass is 32.2. The van der Waals surface area contributed by atoms with Crippen LogP contribution in [0.3, 0.4) is 0 Å². The molecule has 7 nitrogen and oxygen atoms in total. The van der Waals surface area contributed by atoms with Crippen LogP contribution in [-0.2, 0) is 14.8 Å². The van der Waals surface area contributed by atoms with Crippen LogP contribution in [0.15, 0.2) is 41.3 Å². The standard InChI is InChI=1S/C21H24N4O3S/c1-15(2)18(13-22)23-9-11-24(12-10-23)20(26)14-25-17-7-3-5-16-6-4-8-19(21(16)17)29(25,27)28/h3-8,15,18H,9-12,14H2,1-2H3. The number of nitriles is 1. The fraction of sp³-hybridized carbons (Fsp3) is 0.429. The van der Waals surface area contributed by atoms with Gasteiger partial charge in [-0.15, -0.1) is 0 Å². The van der Waals surface area contributed by atoms with Gasteiger partial charge in [0.1, 0.15) is 12.6 Å². The maximum absolute atomic E-state index is 13.0. The van der Waals surface area contributed by atoms with Gasteiger partial charge in [0.25, 0.3) is 10.0 Å². The van der Waals surface area contributed by atoms with E-state index in [1.807, 2.05) is 32.0 Å². The molecule has 1 atom stereocenters. The van der Waals surface area contributed by atoms with E-state index in [0.717, 1.165) is 5.39 Å². The number of carbonyl (C=O) groups is 1. The molecule has 1 saturated heterocycles. The first kappa shape index (κ1) is 19.7. The van der Waals surface area contributed by atoms with Crippen LogP contribution in [0.2, 0.25) is 0 Å². The van der Waals surface area contributed by atoms with E-state index in [1.165, 1.54) is 4.31 Å². The summed E-state index contributed by atoms with van der Waals surface area (Å²) in [6.07, 6.45) is 0. The van der Waals surface area contributed by atoms with Crippen LogP contribution in [0.5, 0.6) is 0 Å². The number of piperazine rings is 1. The Balaban J connectivity index is 1.51. The number of rotatable bonds is 4. The zero-order chi connectivity index (χ0) is 20.8. The SMILES string of the molecule is CC(C)C(C#N)N1CCN(C(=O)CN2c3cccc4cccc(c34)S2(=O)=O)CC1. The first-order valence-corrected chi connectivity index (χ1v) is 11.2. The minimum absolute atomic E-state index is 0.168.